The lowest BCUT2D eigenvalue weighted by Gasteiger charge is -2.00. The number of rotatable bonds is 3. The second kappa shape index (κ2) is 4.77. The number of benzene rings is 1. The van der Waals surface area contributed by atoms with Crippen molar-refractivity contribution in [3.8, 4) is 6.07 Å². The fourth-order valence-corrected chi connectivity index (χ4v) is 0.892. The molecule has 4 nitrogen and oxygen atoms in total. The van der Waals surface area contributed by atoms with Crippen molar-refractivity contribution in [1.29, 1.82) is 5.26 Å². The van der Waals surface area contributed by atoms with Crippen LogP contribution in [0.15, 0.2) is 30.3 Å². The number of Topliss-reactive ketones (excluding diaryl/α,β-unsaturated/α-hetero) is 1. The number of ketones is 1. The van der Waals surface area contributed by atoms with E-state index in [2.05, 4.69) is 5.32 Å². The molecule has 0 aliphatic rings. The predicted octanol–water partition coefficient (Wildman–Crippen LogP) is 0.509. The van der Waals surface area contributed by atoms with Crippen LogP contribution in [0.5, 0.6) is 0 Å². The lowest BCUT2D eigenvalue weighted by atomic mass is 10.2. The van der Waals surface area contributed by atoms with Gasteiger partial charge in [0.05, 0.1) is 6.54 Å². The number of hydrogen-bond donors (Lipinski definition) is 1. The maximum atomic E-state index is 11.3. The van der Waals surface area contributed by atoms with Crippen LogP contribution in [0, 0.1) is 11.3 Å². The number of nitrogens with zero attached hydrogens (tertiary/aromatic N) is 1. The van der Waals surface area contributed by atoms with Gasteiger partial charge >= 0.3 is 0 Å². The largest absolute Gasteiger partial charge is 0.344 e. The zero-order valence-corrected chi connectivity index (χ0v) is 7.36. The van der Waals surface area contributed by atoms with Crippen molar-refractivity contribution in [2.24, 2.45) is 0 Å². The number of carbonyl (C=O) groups excluding carboxylic acids is 2. The molecule has 70 valence electrons. The highest BCUT2D eigenvalue weighted by Crippen LogP contribution is 1.96. The van der Waals surface area contributed by atoms with Crippen LogP contribution in [0.2, 0.25) is 0 Å². The molecule has 14 heavy (non-hydrogen) atoms. The van der Waals surface area contributed by atoms with E-state index in [1.165, 1.54) is 6.07 Å². The van der Waals surface area contributed by atoms with Gasteiger partial charge in [0.1, 0.15) is 6.07 Å². The number of nitriles is 1. The minimum Gasteiger partial charge on any atom is -0.344 e. The van der Waals surface area contributed by atoms with Crippen molar-refractivity contribution in [3.63, 3.8) is 0 Å². The molecular formula is C10H8N2O2. The highest BCUT2D eigenvalue weighted by atomic mass is 16.2. The Bertz CT molecular complexity index is 379. The smallest absolute Gasteiger partial charge is 0.251 e. The lowest BCUT2D eigenvalue weighted by Crippen LogP contribution is -2.28. The number of hydrogen-bond acceptors (Lipinski definition) is 3. The van der Waals surface area contributed by atoms with Crippen LogP contribution in [0.25, 0.3) is 0 Å². The van der Waals surface area contributed by atoms with Crippen LogP contribution in [-0.2, 0) is 4.79 Å². The fraction of sp³-hybridized carbons (Fsp3) is 0.100. The molecule has 1 aromatic carbocycles. The van der Waals surface area contributed by atoms with E-state index in [1.54, 1.807) is 30.3 Å². The molecule has 0 saturated heterocycles. The first kappa shape index (κ1) is 9.93. The van der Waals surface area contributed by atoms with E-state index in [0.717, 1.165) is 0 Å². The molecule has 0 heterocycles. The number of nitrogens with one attached hydrogen (secondary N) is 1. The molecule has 0 spiro atoms. The zero-order chi connectivity index (χ0) is 10.4. The average Bonchev–Trinajstić information content (AvgIpc) is 2.26. The van der Waals surface area contributed by atoms with Gasteiger partial charge in [0.25, 0.3) is 11.7 Å². The minimum atomic E-state index is -0.658. The minimum absolute atomic E-state index is 0.246. The third-order valence-electron chi connectivity index (χ3n) is 1.57. The van der Waals surface area contributed by atoms with Gasteiger partial charge in [-0.2, -0.15) is 5.26 Å². The van der Waals surface area contributed by atoms with E-state index in [1.807, 2.05) is 0 Å². The van der Waals surface area contributed by atoms with E-state index in [4.69, 9.17) is 5.26 Å². The summed E-state index contributed by atoms with van der Waals surface area (Å²) in [5.74, 6) is -1.01. The van der Waals surface area contributed by atoms with Gasteiger partial charge in [-0.05, 0) is 12.1 Å². The molecule has 1 rings (SSSR count). The van der Waals surface area contributed by atoms with E-state index < -0.39 is 5.78 Å². The van der Waals surface area contributed by atoms with Gasteiger partial charge in [0.2, 0.25) is 0 Å². The first-order valence-electron chi connectivity index (χ1n) is 4.00. The summed E-state index contributed by atoms with van der Waals surface area (Å²) in [4.78, 5) is 21.9. The SMILES string of the molecule is N#CC(=O)CNC(=O)c1ccccc1. The molecule has 0 aromatic heterocycles. The molecule has 0 aliphatic carbocycles. The maximum absolute atomic E-state index is 11.3. The van der Waals surface area contributed by atoms with E-state index in [-0.39, 0.29) is 12.5 Å². The van der Waals surface area contributed by atoms with Crippen molar-refractivity contribution in [1.82, 2.24) is 5.32 Å². The molecule has 1 N–H and O–H groups in total. The second-order valence-electron chi connectivity index (χ2n) is 2.58. The van der Waals surface area contributed by atoms with Crippen molar-refractivity contribution in [3.05, 3.63) is 35.9 Å². The number of carbonyl (C=O) groups is 2. The highest BCUT2D eigenvalue weighted by Gasteiger charge is 2.05. The van der Waals surface area contributed by atoms with Gasteiger partial charge in [-0.25, -0.2) is 0 Å². The Kier molecular flexibility index (Phi) is 3.39. The summed E-state index contributed by atoms with van der Waals surface area (Å²) < 4.78 is 0. The normalized spacial score (nSPS) is 8.79. The summed E-state index contributed by atoms with van der Waals surface area (Å²) in [6.45, 7) is -0.246. The van der Waals surface area contributed by atoms with Gasteiger partial charge in [0.15, 0.2) is 0 Å². The van der Waals surface area contributed by atoms with Crippen LogP contribution < -0.4 is 5.32 Å². The van der Waals surface area contributed by atoms with Gasteiger partial charge < -0.3 is 5.32 Å². The lowest BCUT2D eigenvalue weighted by molar-refractivity contribution is -0.113. The Hall–Kier alpha value is -2.15. The molecule has 0 atom stereocenters. The zero-order valence-electron chi connectivity index (χ0n) is 7.36. The first-order valence-corrected chi connectivity index (χ1v) is 4.00. The molecule has 0 radical (unpaired) electrons. The standard InChI is InChI=1S/C10H8N2O2/c11-6-9(13)7-12-10(14)8-4-2-1-3-5-8/h1-5H,7H2,(H,12,14). The monoisotopic (exact) mass is 188 g/mol. The van der Waals surface area contributed by atoms with Gasteiger partial charge in [0, 0.05) is 5.56 Å². The first-order chi connectivity index (χ1) is 6.74. The Balaban J connectivity index is 2.53. The molecule has 0 bridgehead atoms. The van der Waals surface area contributed by atoms with E-state index >= 15 is 0 Å². The molecule has 0 unspecified atom stereocenters. The van der Waals surface area contributed by atoms with E-state index in [9.17, 15) is 9.59 Å². The third-order valence-corrected chi connectivity index (χ3v) is 1.57. The van der Waals surface area contributed by atoms with Crippen LogP contribution in [0.4, 0.5) is 0 Å². The highest BCUT2D eigenvalue weighted by molar-refractivity contribution is 6.00. The summed E-state index contributed by atoms with van der Waals surface area (Å²) >= 11 is 0. The van der Waals surface area contributed by atoms with Gasteiger partial charge in [-0.15, -0.1) is 0 Å². The molecule has 0 aliphatic heterocycles. The van der Waals surface area contributed by atoms with Gasteiger partial charge in [-0.1, -0.05) is 18.2 Å². The molecule has 0 saturated carbocycles. The predicted molar refractivity (Wildman–Crippen MR) is 49.4 cm³/mol. The van der Waals surface area contributed by atoms with Gasteiger partial charge in [-0.3, -0.25) is 9.59 Å². The Morgan fingerprint density at radius 1 is 1.29 bits per heavy atom. The maximum Gasteiger partial charge on any atom is 0.251 e. The van der Waals surface area contributed by atoms with E-state index in [0.29, 0.717) is 5.56 Å². The Morgan fingerprint density at radius 2 is 1.93 bits per heavy atom. The topological polar surface area (TPSA) is 70.0 Å². The van der Waals surface area contributed by atoms with Crippen molar-refractivity contribution in [2.75, 3.05) is 6.54 Å². The Morgan fingerprint density at radius 3 is 2.50 bits per heavy atom. The summed E-state index contributed by atoms with van der Waals surface area (Å²) in [6, 6.07) is 9.92. The fourth-order valence-electron chi connectivity index (χ4n) is 0.892. The summed E-state index contributed by atoms with van der Waals surface area (Å²) in [5, 5.41) is 10.5. The average molecular weight is 188 g/mol. The van der Waals surface area contributed by atoms with Crippen molar-refractivity contribution in [2.45, 2.75) is 0 Å². The van der Waals surface area contributed by atoms with Crippen LogP contribution in [0.1, 0.15) is 10.4 Å². The van der Waals surface area contributed by atoms with Crippen LogP contribution in [0.3, 0.4) is 0 Å². The molecule has 1 amide bonds. The summed E-state index contributed by atoms with van der Waals surface area (Å²) in [7, 11) is 0. The molecule has 1 aromatic rings. The third kappa shape index (κ3) is 2.72. The van der Waals surface area contributed by atoms with Crippen LogP contribution in [-0.4, -0.2) is 18.2 Å². The molecular weight excluding hydrogens is 180 g/mol. The summed E-state index contributed by atoms with van der Waals surface area (Å²) in [5.41, 5.74) is 0.471. The molecule has 0 fully saturated rings. The second-order valence-corrected chi connectivity index (χ2v) is 2.58. The van der Waals surface area contributed by atoms with Crippen molar-refractivity contribution < 1.29 is 9.59 Å². The quantitative estimate of drug-likeness (QED) is 0.702. The Labute approximate surface area is 81.2 Å². The van der Waals surface area contributed by atoms with Crippen molar-refractivity contribution >= 4 is 11.7 Å². The summed E-state index contributed by atoms with van der Waals surface area (Å²) in [6.07, 6.45) is 0. The van der Waals surface area contributed by atoms with Crippen LogP contribution >= 0.6 is 0 Å². The number of amides is 1. The molecule has 4 heteroatoms.